The minimum absolute atomic E-state index is 0.475. The van der Waals surface area contributed by atoms with E-state index in [1.165, 1.54) is 15.3 Å². The summed E-state index contributed by atoms with van der Waals surface area (Å²) in [4.78, 5) is 0. The Morgan fingerprint density at radius 1 is 1.22 bits per heavy atom. The Morgan fingerprint density at radius 3 is 2.44 bits per heavy atom. The Hall–Kier alpha value is 1.42. The fourth-order valence-corrected chi connectivity index (χ4v) is 14.5. The Bertz CT molecular complexity index is 115. The Labute approximate surface area is 74.5 Å². The van der Waals surface area contributed by atoms with Crippen LogP contribution in [0.4, 0.5) is 0 Å². The van der Waals surface area contributed by atoms with Crippen LogP contribution in [0.3, 0.4) is 0 Å². The van der Waals surface area contributed by atoms with Gasteiger partial charge in [0.15, 0.2) is 0 Å². The van der Waals surface area contributed by atoms with Gasteiger partial charge in [0.2, 0.25) is 0 Å². The van der Waals surface area contributed by atoms with Crippen molar-refractivity contribution >= 4 is 11.9 Å². The molecule has 2 bridgehead atoms. The van der Waals surface area contributed by atoms with Gasteiger partial charge in [-0.3, -0.25) is 0 Å². The van der Waals surface area contributed by atoms with E-state index < -0.39 is 22.1 Å². The van der Waals surface area contributed by atoms with Crippen molar-refractivity contribution in [2.45, 2.75) is 29.1 Å². The Balaban J connectivity index is 2.01. The van der Waals surface area contributed by atoms with Crippen molar-refractivity contribution in [2.24, 2.45) is 11.8 Å². The van der Waals surface area contributed by atoms with Gasteiger partial charge in [0.1, 0.15) is 0 Å². The molecule has 0 aromatic carbocycles. The minimum atomic E-state index is -0.475. The fourth-order valence-electron chi connectivity index (χ4n) is 2.57. The second-order valence-electron chi connectivity index (χ2n) is 3.59. The van der Waals surface area contributed by atoms with Crippen LogP contribution >= 0.6 is 11.9 Å². The number of rotatable bonds is 1. The van der Waals surface area contributed by atoms with E-state index in [0.29, 0.717) is 0 Å². The molecular weight excluding hydrogens is 365 g/mol. The SMILES string of the molecule is [Br][Hg][C@@H]1C[C@H]2CC[C@@H]1C2. The summed E-state index contributed by atoms with van der Waals surface area (Å²) in [5, 5.41) is 0. The van der Waals surface area contributed by atoms with Crippen LogP contribution in [0.1, 0.15) is 25.7 Å². The van der Waals surface area contributed by atoms with Crippen LogP contribution < -0.4 is 0 Å². The van der Waals surface area contributed by atoms with E-state index in [4.69, 9.17) is 0 Å². The monoisotopic (exact) mass is 376 g/mol. The molecule has 0 unspecified atom stereocenters. The van der Waals surface area contributed by atoms with Crippen molar-refractivity contribution in [2.75, 3.05) is 0 Å². The van der Waals surface area contributed by atoms with E-state index in [9.17, 15) is 0 Å². The van der Waals surface area contributed by atoms with Gasteiger partial charge in [-0.05, 0) is 0 Å². The maximum absolute atomic E-state index is 3.80. The molecule has 48 valence electrons. The van der Waals surface area contributed by atoms with Crippen LogP contribution in [0.25, 0.3) is 0 Å². The molecule has 2 saturated carbocycles. The number of hydrogen-bond donors (Lipinski definition) is 0. The van der Waals surface area contributed by atoms with E-state index >= 15 is 0 Å². The van der Waals surface area contributed by atoms with Gasteiger partial charge in [-0.1, -0.05) is 0 Å². The molecule has 0 aromatic rings. The summed E-state index contributed by atoms with van der Waals surface area (Å²) in [5.41, 5.74) is 0. The topological polar surface area (TPSA) is 0 Å². The number of halogens is 1. The van der Waals surface area contributed by atoms with Crippen molar-refractivity contribution < 1.29 is 22.1 Å². The standard InChI is InChI=1S/C7H11.BrH.Hg/c1-2-7-4-3-6(1)5-7;;/h1,6-7H,2-5H2;1H;/q;;+1/p-1/t6-,7+;;/m1../s1. The Morgan fingerprint density at radius 2 is 2.11 bits per heavy atom. The first-order valence-electron chi connectivity index (χ1n) is 3.96. The molecule has 2 aliphatic carbocycles. The molecule has 2 heteroatoms. The average molecular weight is 376 g/mol. The zero-order valence-electron chi connectivity index (χ0n) is 5.65. The summed E-state index contributed by atoms with van der Waals surface area (Å²) >= 11 is 3.33. The maximum atomic E-state index is 3.80. The zero-order valence-corrected chi connectivity index (χ0v) is 12.7. The van der Waals surface area contributed by atoms with Gasteiger partial charge in [0.05, 0.1) is 0 Å². The van der Waals surface area contributed by atoms with Crippen LogP contribution in [0, 0.1) is 11.8 Å². The number of hydrogen-bond acceptors (Lipinski definition) is 0. The normalized spacial score (nSPS) is 47.4. The zero-order chi connectivity index (χ0) is 6.27. The van der Waals surface area contributed by atoms with Crippen LogP contribution in [0.15, 0.2) is 0 Å². The van der Waals surface area contributed by atoms with E-state index in [1.807, 2.05) is 0 Å². The van der Waals surface area contributed by atoms with Gasteiger partial charge in [-0.15, -0.1) is 0 Å². The molecule has 0 saturated heterocycles. The van der Waals surface area contributed by atoms with Crippen molar-refractivity contribution in [3.63, 3.8) is 0 Å². The summed E-state index contributed by atoms with van der Waals surface area (Å²) in [7, 11) is 0. The first-order valence-corrected chi connectivity index (χ1v) is 19.1. The summed E-state index contributed by atoms with van der Waals surface area (Å²) in [6.45, 7) is 0. The molecule has 0 heterocycles. The van der Waals surface area contributed by atoms with Crippen LogP contribution in [-0.4, -0.2) is 0 Å². The molecule has 3 atom stereocenters. The van der Waals surface area contributed by atoms with E-state index in [1.54, 1.807) is 25.7 Å². The van der Waals surface area contributed by atoms with Crippen LogP contribution in [-0.2, 0) is 22.1 Å². The molecule has 2 fully saturated rings. The van der Waals surface area contributed by atoms with Crippen LogP contribution in [0.2, 0.25) is 3.43 Å². The average Bonchev–Trinajstić information content (AvgIpc) is 2.45. The summed E-state index contributed by atoms with van der Waals surface area (Å²) in [6, 6.07) is 0. The van der Waals surface area contributed by atoms with Gasteiger partial charge in [-0.2, -0.15) is 0 Å². The van der Waals surface area contributed by atoms with Crippen LogP contribution in [0.5, 0.6) is 0 Å². The van der Waals surface area contributed by atoms with Gasteiger partial charge in [0, 0.05) is 0 Å². The van der Waals surface area contributed by atoms with Crippen molar-refractivity contribution in [1.29, 1.82) is 0 Å². The van der Waals surface area contributed by atoms with Gasteiger partial charge < -0.3 is 0 Å². The third-order valence-electron chi connectivity index (χ3n) is 3.08. The predicted octanol–water partition coefficient (Wildman–Crippen LogP) is 2.99. The van der Waals surface area contributed by atoms with Crippen molar-refractivity contribution in [3.05, 3.63) is 0 Å². The molecule has 9 heavy (non-hydrogen) atoms. The molecular formula is C7H11BrHg. The van der Waals surface area contributed by atoms with Gasteiger partial charge in [0.25, 0.3) is 0 Å². The molecule has 2 rings (SSSR count). The third kappa shape index (κ3) is 1.24. The van der Waals surface area contributed by atoms with E-state index in [-0.39, 0.29) is 0 Å². The Kier molecular flexibility index (Phi) is 2.21. The molecule has 0 aromatic heterocycles. The first-order chi connectivity index (χ1) is 4.40. The second-order valence-corrected chi connectivity index (χ2v) is 14.5. The molecule has 2 aliphatic rings. The molecule has 0 radical (unpaired) electrons. The van der Waals surface area contributed by atoms with Crippen molar-refractivity contribution in [1.82, 2.24) is 0 Å². The summed E-state index contributed by atoms with van der Waals surface area (Å²) < 4.78 is 1.27. The van der Waals surface area contributed by atoms with Gasteiger partial charge in [-0.25, -0.2) is 0 Å². The summed E-state index contributed by atoms with van der Waals surface area (Å²) in [5.74, 6) is 2.38. The first kappa shape index (κ1) is 7.09. The quantitative estimate of drug-likeness (QED) is 0.618. The van der Waals surface area contributed by atoms with E-state index in [0.717, 1.165) is 0 Å². The molecule has 0 spiro atoms. The van der Waals surface area contributed by atoms with Crippen molar-refractivity contribution in [3.8, 4) is 0 Å². The molecule has 0 amide bonds. The molecule has 0 aliphatic heterocycles. The molecule has 0 nitrogen and oxygen atoms in total. The van der Waals surface area contributed by atoms with Gasteiger partial charge >= 0.3 is 75.0 Å². The summed E-state index contributed by atoms with van der Waals surface area (Å²) in [6.07, 6.45) is 6.39. The second kappa shape index (κ2) is 2.81. The predicted molar refractivity (Wildman–Crippen MR) is 38.1 cm³/mol. The number of fused-ring (bicyclic) bond motifs is 2. The molecule has 0 N–H and O–H groups in total. The fraction of sp³-hybridized carbons (Fsp3) is 1.00. The third-order valence-corrected chi connectivity index (χ3v) is 15.8. The van der Waals surface area contributed by atoms with E-state index in [2.05, 4.69) is 11.9 Å².